The van der Waals surface area contributed by atoms with Crippen molar-refractivity contribution in [2.45, 2.75) is 44.9 Å². The van der Waals surface area contributed by atoms with Crippen molar-refractivity contribution in [3.63, 3.8) is 0 Å². The van der Waals surface area contributed by atoms with Gasteiger partial charge >= 0.3 is 0 Å². The molecule has 140 valence electrons. The molecule has 3 rings (SSSR count). The Bertz CT molecular complexity index is 713. The van der Waals surface area contributed by atoms with Gasteiger partial charge in [0.15, 0.2) is 11.5 Å². The molecular weight excluding hydrogens is 322 g/mol. The second-order valence-corrected chi connectivity index (χ2v) is 7.32. The molecule has 0 bridgehead atoms. The number of benzene rings is 2. The maximum atomic E-state index is 6.05. The van der Waals surface area contributed by atoms with E-state index < -0.39 is 0 Å². The minimum absolute atomic E-state index is 0.497. The van der Waals surface area contributed by atoms with Crippen LogP contribution in [0.1, 0.15) is 48.8 Å². The molecule has 0 spiro atoms. The van der Waals surface area contributed by atoms with Crippen molar-refractivity contribution < 1.29 is 9.47 Å². The lowest BCUT2D eigenvalue weighted by Gasteiger charge is -2.26. The normalized spacial score (nSPS) is 17.4. The first-order chi connectivity index (χ1) is 12.7. The molecule has 0 aliphatic heterocycles. The van der Waals surface area contributed by atoms with E-state index >= 15 is 0 Å². The molecule has 1 aliphatic carbocycles. The highest BCUT2D eigenvalue weighted by molar-refractivity contribution is 5.39. The Morgan fingerprint density at radius 2 is 1.92 bits per heavy atom. The molecule has 3 nitrogen and oxygen atoms in total. The Balaban J connectivity index is 1.63. The molecule has 2 atom stereocenters. The van der Waals surface area contributed by atoms with Gasteiger partial charge in [0.1, 0.15) is 0 Å². The number of para-hydroxylation sites is 2. The van der Waals surface area contributed by atoms with Gasteiger partial charge in [-0.05, 0) is 72.9 Å². The summed E-state index contributed by atoms with van der Waals surface area (Å²) in [6, 6.07) is 14.9. The number of methoxy groups -OCH3 is 1. The summed E-state index contributed by atoms with van der Waals surface area (Å²) in [5.74, 6) is 2.69. The summed E-state index contributed by atoms with van der Waals surface area (Å²) in [5.41, 5.74) is 10.4. The van der Waals surface area contributed by atoms with E-state index in [4.69, 9.17) is 15.2 Å². The number of hydrogen-bond donors (Lipinski definition) is 1. The number of ether oxygens (including phenoxy) is 2. The van der Waals surface area contributed by atoms with Gasteiger partial charge in [-0.2, -0.15) is 0 Å². The Hall–Kier alpha value is -2.00. The highest BCUT2D eigenvalue weighted by Crippen LogP contribution is 2.31. The predicted molar refractivity (Wildman–Crippen MR) is 107 cm³/mol. The van der Waals surface area contributed by atoms with Crippen LogP contribution >= 0.6 is 0 Å². The Morgan fingerprint density at radius 3 is 2.65 bits per heavy atom. The Labute approximate surface area is 157 Å². The fourth-order valence-electron chi connectivity index (χ4n) is 3.96. The van der Waals surface area contributed by atoms with Gasteiger partial charge in [0.2, 0.25) is 0 Å². The lowest BCUT2D eigenvalue weighted by Crippen LogP contribution is -2.21. The summed E-state index contributed by atoms with van der Waals surface area (Å²) in [7, 11) is 1.68. The van der Waals surface area contributed by atoms with E-state index in [-0.39, 0.29) is 0 Å². The van der Waals surface area contributed by atoms with Crippen molar-refractivity contribution in [1.82, 2.24) is 0 Å². The van der Waals surface area contributed by atoms with Crippen LogP contribution in [0.2, 0.25) is 0 Å². The van der Waals surface area contributed by atoms with E-state index in [1.54, 1.807) is 7.11 Å². The molecule has 2 N–H and O–H groups in total. The maximum absolute atomic E-state index is 6.05. The molecule has 2 unspecified atom stereocenters. The van der Waals surface area contributed by atoms with Gasteiger partial charge < -0.3 is 15.2 Å². The van der Waals surface area contributed by atoms with Crippen molar-refractivity contribution in [2.24, 2.45) is 11.7 Å². The predicted octanol–water partition coefficient (Wildman–Crippen LogP) is 4.72. The highest BCUT2D eigenvalue weighted by atomic mass is 16.5. The molecular formula is C23H31NO2. The first kappa shape index (κ1) is 18.8. The SMILES string of the molecule is CCCC(CN)c1ccc2c(c1)CCC(COc1ccccc1OC)C2. The van der Waals surface area contributed by atoms with Gasteiger partial charge in [-0.3, -0.25) is 0 Å². The molecule has 26 heavy (non-hydrogen) atoms. The molecule has 0 saturated carbocycles. The van der Waals surface area contributed by atoms with Crippen molar-refractivity contribution in [3.05, 3.63) is 59.2 Å². The lowest BCUT2D eigenvalue weighted by atomic mass is 9.82. The van der Waals surface area contributed by atoms with Crippen LogP contribution in [0.5, 0.6) is 11.5 Å². The van der Waals surface area contributed by atoms with E-state index in [0.29, 0.717) is 11.8 Å². The van der Waals surface area contributed by atoms with Crippen LogP contribution < -0.4 is 15.2 Å². The fourth-order valence-corrected chi connectivity index (χ4v) is 3.96. The average Bonchev–Trinajstić information content (AvgIpc) is 2.70. The minimum Gasteiger partial charge on any atom is -0.493 e. The van der Waals surface area contributed by atoms with E-state index in [9.17, 15) is 0 Å². The average molecular weight is 354 g/mol. The number of fused-ring (bicyclic) bond motifs is 1. The van der Waals surface area contributed by atoms with Crippen LogP contribution in [0.25, 0.3) is 0 Å². The first-order valence-corrected chi connectivity index (χ1v) is 9.82. The quantitative estimate of drug-likeness (QED) is 0.747. The number of aryl methyl sites for hydroxylation is 1. The number of nitrogens with two attached hydrogens (primary N) is 1. The monoisotopic (exact) mass is 353 g/mol. The smallest absolute Gasteiger partial charge is 0.161 e. The fraction of sp³-hybridized carbons (Fsp3) is 0.478. The Kier molecular flexibility index (Phi) is 6.56. The zero-order valence-electron chi connectivity index (χ0n) is 16.0. The summed E-state index contributed by atoms with van der Waals surface area (Å²) in [6.07, 6.45) is 5.75. The molecule has 0 saturated heterocycles. The summed E-state index contributed by atoms with van der Waals surface area (Å²) in [5, 5.41) is 0. The van der Waals surface area contributed by atoms with Crippen molar-refractivity contribution >= 4 is 0 Å². The van der Waals surface area contributed by atoms with Gasteiger partial charge in [-0.15, -0.1) is 0 Å². The van der Waals surface area contributed by atoms with Crippen LogP contribution in [-0.4, -0.2) is 20.3 Å². The third-order valence-corrected chi connectivity index (χ3v) is 5.50. The van der Waals surface area contributed by atoms with Crippen LogP contribution in [0.4, 0.5) is 0 Å². The molecule has 3 heteroatoms. The largest absolute Gasteiger partial charge is 0.493 e. The number of rotatable bonds is 8. The zero-order valence-corrected chi connectivity index (χ0v) is 16.0. The van der Waals surface area contributed by atoms with Crippen LogP contribution in [0, 0.1) is 5.92 Å². The molecule has 2 aromatic rings. The maximum Gasteiger partial charge on any atom is 0.161 e. The first-order valence-electron chi connectivity index (χ1n) is 9.82. The van der Waals surface area contributed by atoms with E-state index in [1.165, 1.54) is 36.0 Å². The summed E-state index contributed by atoms with van der Waals surface area (Å²) in [6.45, 7) is 3.71. The molecule has 2 aromatic carbocycles. The van der Waals surface area contributed by atoms with E-state index in [1.807, 2.05) is 24.3 Å². The number of hydrogen-bond acceptors (Lipinski definition) is 3. The van der Waals surface area contributed by atoms with Crippen LogP contribution in [0.15, 0.2) is 42.5 Å². The van der Waals surface area contributed by atoms with E-state index in [2.05, 4.69) is 25.1 Å². The van der Waals surface area contributed by atoms with Crippen molar-refractivity contribution in [2.75, 3.05) is 20.3 Å². The second-order valence-electron chi connectivity index (χ2n) is 7.32. The molecule has 0 aromatic heterocycles. The summed E-state index contributed by atoms with van der Waals surface area (Å²) in [4.78, 5) is 0. The summed E-state index contributed by atoms with van der Waals surface area (Å²) < 4.78 is 11.4. The molecule has 0 radical (unpaired) electrons. The van der Waals surface area contributed by atoms with Gasteiger partial charge in [0.25, 0.3) is 0 Å². The second kappa shape index (κ2) is 9.09. The third-order valence-electron chi connectivity index (χ3n) is 5.50. The lowest BCUT2D eigenvalue weighted by molar-refractivity contribution is 0.225. The molecule has 1 aliphatic rings. The van der Waals surface area contributed by atoms with Gasteiger partial charge in [0, 0.05) is 0 Å². The van der Waals surface area contributed by atoms with Crippen molar-refractivity contribution in [3.8, 4) is 11.5 Å². The van der Waals surface area contributed by atoms with E-state index in [0.717, 1.165) is 37.5 Å². The third kappa shape index (κ3) is 4.39. The molecule has 0 amide bonds. The topological polar surface area (TPSA) is 44.5 Å². The van der Waals surface area contributed by atoms with Crippen LogP contribution in [-0.2, 0) is 12.8 Å². The van der Waals surface area contributed by atoms with Crippen LogP contribution in [0.3, 0.4) is 0 Å². The molecule has 0 heterocycles. The minimum atomic E-state index is 0.497. The standard InChI is InChI=1S/C23H31NO2/c1-3-6-21(15-24)20-12-11-18-13-17(9-10-19(18)14-20)16-26-23-8-5-4-7-22(23)25-2/h4-5,7-8,11-12,14,17,21H,3,6,9-10,13,15-16,24H2,1-2H3. The molecule has 0 fully saturated rings. The summed E-state index contributed by atoms with van der Waals surface area (Å²) >= 11 is 0. The van der Waals surface area contributed by atoms with Gasteiger partial charge in [0.05, 0.1) is 13.7 Å². The van der Waals surface area contributed by atoms with Gasteiger partial charge in [-0.1, -0.05) is 43.7 Å². The van der Waals surface area contributed by atoms with Crippen molar-refractivity contribution in [1.29, 1.82) is 0 Å². The zero-order chi connectivity index (χ0) is 18.4. The Morgan fingerprint density at radius 1 is 1.12 bits per heavy atom. The highest BCUT2D eigenvalue weighted by Gasteiger charge is 2.21. The van der Waals surface area contributed by atoms with Gasteiger partial charge in [-0.25, -0.2) is 0 Å².